The molecule has 3 N–H and O–H groups in total. The summed E-state index contributed by atoms with van der Waals surface area (Å²) in [6.45, 7) is 0. The van der Waals surface area contributed by atoms with Gasteiger partial charge in [0.15, 0.2) is 0 Å². The molecule has 2 aromatic rings. The zero-order valence-electron chi connectivity index (χ0n) is 12.1. The summed E-state index contributed by atoms with van der Waals surface area (Å²) < 4.78 is 2.16. The number of rotatable bonds is 4. The van der Waals surface area contributed by atoms with Crippen molar-refractivity contribution in [1.29, 1.82) is 0 Å². The molecule has 1 aromatic heterocycles. The number of hydrogen-bond acceptors (Lipinski definition) is 3. The van der Waals surface area contributed by atoms with Crippen molar-refractivity contribution >= 4 is 5.91 Å². The lowest BCUT2D eigenvalue weighted by atomic mass is 9.97. The van der Waals surface area contributed by atoms with Crippen LogP contribution < -0.4 is 11.1 Å². The zero-order valence-corrected chi connectivity index (χ0v) is 12.1. The standard InChI is InChI=1S/C16H20N4O/c1-18-16(15(17)21)8-7-13(11-16)20-10-9-19-14(20)12-5-3-2-4-6-12/h2-6,9-10,13,18H,7-8,11H2,1H3,(H2,17,21). The molecular formula is C16H20N4O. The first-order valence-electron chi connectivity index (χ1n) is 7.23. The van der Waals surface area contributed by atoms with Crippen LogP contribution in [0.2, 0.25) is 0 Å². The largest absolute Gasteiger partial charge is 0.368 e. The fourth-order valence-electron chi connectivity index (χ4n) is 3.25. The number of aromatic nitrogens is 2. The third kappa shape index (κ3) is 2.34. The second-order valence-electron chi connectivity index (χ2n) is 5.62. The molecule has 1 aromatic carbocycles. The Morgan fingerprint density at radius 3 is 2.81 bits per heavy atom. The van der Waals surface area contributed by atoms with Crippen molar-refractivity contribution in [2.45, 2.75) is 30.8 Å². The average molecular weight is 284 g/mol. The molecule has 0 bridgehead atoms. The van der Waals surface area contributed by atoms with Gasteiger partial charge < -0.3 is 15.6 Å². The van der Waals surface area contributed by atoms with Crippen LogP contribution in [-0.4, -0.2) is 28.0 Å². The van der Waals surface area contributed by atoms with E-state index in [0.717, 1.165) is 24.2 Å². The minimum Gasteiger partial charge on any atom is -0.368 e. The van der Waals surface area contributed by atoms with Gasteiger partial charge in [-0.15, -0.1) is 0 Å². The van der Waals surface area contributed by atoms with E-state index in [0.29, 0.717) is 6.42 Å². The first-order valence-corrected chi connectivity index (χ1v) is 7.23. The molecule has 5 heteroatoms. The number of carbonyl (C=O) groups excluding carboxylic acids is 1. The van der Waals surface area contributed by atoms with E-state index in [1.807, 2.05) is 42.7 Å². The zero-order chi connectivity index (χ0) is 14.9. The number of amides is 1. The number of imidazole rings is 1. The summed E-state index contributed by atoms with van der Waals surface area (Å²) in [6, 6.07) is 10.3. The lowest BCUT2D eigenvalue weighted by Crippen LogP contribution is -2.52. The Kier molecular flexibility index (Phi) is 3.51. The molecule has 1 fully saturated rings. The molecule has 110 valence electrons. The van der Waals surface area contributed by atoms with Crippen LogP contribution in [0.4, 0.5) is 0 Å². The number of carbonyl (C=O) groups is 1. The molecule has 0 radical (unpaired) electrons. The number of nitrogens with two attached hydrogens (primary N) is 1. The van der Waals surface area contributed by atoms with Crippen LogP contribution in [0.1, 0.15) is 25.3 Å². The Labute approximate surface area is 124 Å². The Hall–Kier alpha value is -2.14. The van der Waals surface area contributed by atoms with E-state index in [-0.39, 0.29) is 11.9 Å². The number of hydrogen-bond donors (Lipinski definition) is 2. The summed E-state index contributed by atoms with van der Waals surface area (Å²) in [6.07, 6.45) is 6.18. The SMILES string of the molecule is CNC1(C(N)=O)CCC(n2ccnc2-c2ccccc2)C1. The molecule has 0 aliphatic heterocycles. The van der Waals surface area contributed by atoms with Gasteiger partial charge in [-0.25, -0.2) is 4.98 Å². The van der Waals surface area contributed by atoms with Gasteiger partial charge in [0.25, 0.3) is 0 Å². The second kappa shape index (κ2) is 5.33. The van der Waals surface area contributed by atoms with Crippen LogP contribution >= 0.6 is 0 Å². The van der Waals surface area contributed by atoms with Crippen molar-refractivity contribution < 1.29 is 4.79 Å². The van der Waals surface area contributed by atoms with Gasteiger partial charge in [0, 0.05) is 24.0 Å². The third-order valence-corrected chi connectivity index (χ3v) is 4.53. The highest BCUT2D eigenvalue weighted by Gasteiger charge is 2.43. The molecule has 21 heavy (non-hydrogen) atoms. The summed E-state index contributed by atoms with van der Waals surface area (Å²) >= 11 is 0. The average Bonchev–Trinajstić information content (AvgIpc) is 3.15. The van der Waals surface area contributed by atoms with E-state index in [1.165, 1.54) is 0 Å². The summed E-state index contributed by atoms with van der Waals surface area (Å²) in [5.74, 6) is 0.672. The van der Waals surface area contributed by atoms with E-state index in [1.54, 1.807) is 7.05 Å². The van der Waals surface area contributed by atoms with Crippen LogP contribution in [0, 0.1) is 0 Å². The van der Waals surface area contributed by atoms with Gasteiger partial charge in [-0.3, -0.25) is 4.79 Å². The molecule has 1 aliphatic carbocycles. The molecule has 1 aliphatic rings. The Balaban J connectivity index is 1.91. The van der Waals surface area contributed by atoms with Gasteiger partial charge in [0.05, 0.1) is 5.54 Å². The van der Waals surface area contributed by atoms with Crippen LogP contribution in [0.25, 0.3) is 11.4 Å². The molecule has 2 atom stereocenters. The highest BCUT2D eigenvalue weighted by molar-refractivity contribution is 5.85. The van der Waals surface area contributed by atoms with Crippen molar-refractivity contribution in [2.75, 3.05) is 7.05 Å². The summed E-state index contributed by atoms with van der Waals surface area (Å²) in [5.41, 5.74) is 6.07. The van der Waals surface area contributed by atoms with Gasteiger partial charge in [0.1, 0.15) is 5.82 Å². The molecule has 5 nitrogen and oxygen atoms in total. The Morgan fingerprint density at radius 2 is 2.19 bits per heavy atom. The molecule has 0 spiro atoms. The maximum absolute atomic E-state index is 11.8. The van der Waals surface area contributed by atoms with E-state index in [9.17, 15) is 4.79 Å². The predicted molar refractivity (Wildman–Crippen MR) is 81.5 cm³/mol. The quantitative estimate of drug-likeness (QED) is 0.898. The highest BCUT2D eigenvalue weighted by atomic mass is 16.1. The molecule has 2 unspecified atom stereocenters. The predicted octanol–water partition coefficient (Wildman–Crippen LogP) is 1.72. The maximum atomic E-state index is 11.8. The number of benzene rings is 1. The van der Waals surface area contributed by atoms with E-state index in [2.05, 4.69) is 14.9 Å². The van der Waals surface area contributed by atoms with Gasteiger partial charge >= 0.3 is 0 Å². The summed E-state index contributed by atoms with van der Waals surface area (Å²) in [4.78, 5) is 16.2. The Morgan fingerprint density at radius 1 is 1.43 bits per heavy atom. The molecule has 1 amide bonds. The smallest absolute Gasteiger partial charge is 0.237 e. The Bertz CT molecular complexity index is 637. The topological polar surface area (TPSA) is 72.9 Å². The minimum absolute atomic E-state index is 0.239. The second-order valence-corrected chi connectivity index (χ2v) is 5.62. The third-order valence-electron chi connectivity index (χ3n) is 4.53. The van der Waals surface area contributed by atoms with Crippen molar-refractivity contribution in [3.05, 3.63) is 42.7 Å². The van der Waals surface area contributed by atoms with E-state index >= 15 is 0 Å². The molecule has 1 saturated carbocycles. The van der Waals surface area contributed by atoms with Crippen molar-refractivity contribution in [3.8, 4) is 11.4 Å². The molecule has 3 rings (SSSR count). The first kappa shape index (κ1) is 13.8. The fraction of sp³-hybridized carbons (Fsp3) is 0.375. The number of nitrogens with zero attached hydrogens (tertiary/aromatic N) is 2. The monoisotopic (exact) mass is 284 g/mol. The normalized spacial score (nSPS) is 25.1. The molecule has 1 heterocycles. The first-order chi connectivity index (χ1) is 10.2. The number of likely N-dealkylation sites (N-methyl/N-ethyl adjacent to an activating group) is 1. The molecular weight excluding hydrogens is 264 g/mol. The van der Waals surface area contributed by atoms with Crippen LogP contribution in [-0.2, 0) is 4.79 Å². The lowest BCUT2D eigenvalue weighted by Gasteiger charge is -2.25. The lowest BCUT2D eigenvalue weighted by molar-refractivity contribution is -0.124. The van der Waals surface area contributed by atoms with Crippen molar-refractivity contribution in [1.82, 2.24) is 14.9 Å². The van der Waals surface area contributed by atoms with Gasteiger partial charge in [0.2, 0.25) is 5.91 Å². The summed E-state index contributed by atoms with van der Waals surface area (Å²) in [5, 5.41) is 3.12. The fourth-order valence-corrected chi connectivity index (χ4v) is 3.25. The van der Waals surface area contributed by atoms with E-state index in [4.69, 9.17) is 5.73 Å². The van der Waals surface area contributed by atoms with Gasteiger partial charge in [-0.2, -0.15) is 0 Å². The van der Waals surface area contributed by atoms with Gasteiger partial charge in [-0.05, 0) is 26.3 Å². The maximum Gasteiger partial charge on any atom is 0.237 e. The van der Waals surface area contributed by atoms with Crippen LogP contribution in [0.15, 0.2) is 42.7 Å². The van der Waals surface area contributed by atoms with E-state index < -0.39 is 5.54 Å². The number of primary amides is 1. The van der Waals surface area contributed by atoms with Crippen LogP contribution in [0.3, 0.4) is 0 Å². The summed E-state index contributed by atoms with van der Waals surface area (Å²) in [7, 11) is 1.80. The minimum atomic E-state index is -0.594. The van der Waals surface area contributed by atoms with Crippen LogP contribution in [0.5, 0.6) is 0 Å². The van der Waals surface area contributed by atoms with Crippen molar-refractivity contribution in [3.63, 3.8) is 0 Å². The van der Waals surface area contributed by atoms with Crippen molar-refractivity contribution in [2.24, 2.45) is 5.73 Å². The highest BCUT2D eigenvalue weighted by Crippen LogP contribution is 2.39. The van der Waals surface area contributed by atoms with Gasteiger partial charge in [-0.1, -0.05) is 30.3 Å². The molecule has 0 saturated heterocycles. The number of nitrogens with one attached hydrogen (secondary N) is 1.